The highest BCUT2D eigenvalue weighted by Crippen LogP contribution is 2.22. The Balaban J connectivity index is 1.98. The summed E-state index contributed by atoms with van der Waals surface area (Å²) in [6.07, 6.45) is -0.938. The van der Waals surface area contributed by atoms with Crippen LogP contribution in [0.3, 0.4) is 0 Å². The van der Waals surface area contributed by atoms with E-state index in [4.69, 9.17) is 4.74 Å². The summed E-state index contributed by atoms with van der Waals surface area (Å²) < 4.78 is 44.7. The molecule has 0 radical (unpaired) electrons. The number of amides is 2. The summed E-state index contributed by atoms with van der Waals surface area (Å²) in [7, 11) is -3.90. The number of rotatable bonds is 6. The van der Waals surface area contributed by atoms with Gasteiger partial charge in [0, 0.05) is 13.1 Å². The molecule has 144 valence electrons. The van der Waals surface area contributed by atoms with Crippen molar-refractivity contribution in [2.24, 2.45) is 5.92 Å². The minimum Gasteiger partial charge on any atom is -0.359 e. The molecular weight excluding hydrogens is 365 g/mol. The van der Waals surface area contributed by atoms with E-state index in [1.165, 1.54) is 0 Å². The van der Waals surface area contributed by atoms with Gasteiger partial charge in [0.15, 0.2) is 0 Å². The number of hydrogen-bond donors (Lipinski definition) is 2. The van der Waals surface area contributed by atoms with Crippen LogP contribution in [-0.4, -0.2) is 57.0 Å². The third-order valence-corrected chi connectivity index (χ3v) is 5.58. The van der Waals surface area contributed by atoms with Crippen LogP contribution in [0, 0.1) is 11.7 Å². The molecule has 2 amide bonds. The number of ether oxygens (including phenoxy) is 1. The largest absolute Gasteiger partial charge is 0.359 e. The number of sulfonamides is 1. The zero-order valence-corrected chi connectivity index (χ0v) is 15.4. The first-order valence-corrected chi connectivity index (χ1v) is 9.61. The van der Waals surface area contributed by atoms with Crippen molar-refractivity contribution in [1.29, 1.82) is 0 Å². The van der Waals surface area contributed by atoms with Crippen molar-refractivity contribution in [3.05, 3.63) is 30.1 Å². The summed E-state index contributed by atoms with van der Waals surface area (Å²) in [4.78, 5) is 23.4. The first kappa shape index (κ1) is 20.3. The van der Waals surface area contributed by atoms with Crippen molar-refractivity contribution < 1.29 is 27.1 Å². The SMILES string of the molecule is CC(C)CNC(=O)C(=O)NC[C@H]1OCCN1S(=O)(=O)c1ccc(F)cc1. The molecule has 0 aliphatic carbocycles. The number of nitrogens with one attached hydrogen (secondary N) is 2. The van der Waals surface area contributed by atoms with E-state index >= 15 is 0 Å². The fourth-order valence-electron chi connectivity index (χ4n) is 2.32. The van der Waals surface area contributed by atoms with Gasteiger partial charge in [-0.1, -0.05) is 13.8 Å². The Labute approximate surface area is 151 Å². The van der Waals surface area contributed by atoms with E-state index in [1.54, 1.807) is 0 Å². The average Bonchev–Trinajstić information content (AvgIpc) is 3.07. The molecule has 8 nitrogen and oxygen atoms in total. The summed E-state index contributed by atoms with van der Waals surface area (Å²) in [5.41, 5.74) is 0. The fraction of sp³-hybridized carbons (Fsp3) is 0.500. The number of hydrogen-bond acceptors (Lipinski definition) is 5. The highest BCUT2D eigenvalue weighted by atomic mass is 32.2. The quantitative estimate of drug-likeness (QED) is 0.672. The van der Waals surface area contributed by atoms with Crippen LogP contribution in [0.4, 0.5) is 4.39 Å². The predicted octanol–water partition coefficient (Wildman–Crippen LogP) is 0.0611. The van der Waals surface area contributed by atoms with Crippen LogP contribution in [-0.2, 0) is 24.3 Å². The van der Waals surface area contributed by atoms with Gasteiger partial charge in [-0.15, -0.1) is 0 Å². The zero-order chi connectivity index (χ0) is 19.3. The topological polar surface area (TPSA) is 105 Å². The van der Waals surface area contributed by atoms with E-state index in [-0.39, 0.29) is 30.5 Å². The van der Waals surface area contributed by atoms with Gasteiger partial charge in [-0.25, -0.2) is 12.8 Å². The van der Waals surface area contributed by atoms with Crippen molar-refractivity contribution in [3.63, 3.8) is 0 Å². The molecule has 0 unspecified atom stereocenters. The molecule has 1 aromatic rings. The molecule has 0 saturated carbocycles. The van der Waals surface area contributed by atoms with Crippen LogP contribution >= 0.6 is 0 Å². The molecule has 2 N–H and O–H groups in total. The molecule has 1 atom stereocenters. The highest BCUT2D eigenvalue weighted by molar-refractivity contribution is 7.89. The van der Waals surface area contributed by atoms with Gasteiger partial charge in [-0.2, -0.15) is 4.31 Å². The lowest BCUT2D eigenvalue weighted by Gasteiger charge is -2.22. The van der Waals surface area contributed by atoms with Crippen molar-refractivity contribution in [2.45, 2.75) is 25.0 Å². The van der Waals surface area contributed by atoms with Crippen LogP contribution in [0.1, 0.15) is 13.8 Å². The molecule has 1 heterocycles. The number of nitrogens with zero attached hydrogens (tertiary/aromatic N) is 1. The Hall–Kier alpha value is -2.04. The van der Waals surface area contributed by atoms with Gasteiger partial charge in [0.2, 0.25) is 10.0 Å². The molecule has 10 heteroatoms. The third-order valence-electron chi connectivity index (χ3n) is 3.68. The van der Waals surface area contributed by atoms with E-state index in [0.29, 0.717) is 6.54 Å². The molecule has 1 aromatic carbocycles. The van der Waals surface area contributed by atoms with Crippen molar-refractivity contribution in [2.75, 3.05) is 26.2 Å². The molecule has 0 spiro atoms. The molecule has 1 aliphatic heterocycles. The Kier molecular flexibility index (Phi) is 6.68. The second-order valence-corrected chi connectivity index (χ2v) is 8.10. The van der Waals surface area contributed by atoms with E-state index in [1.807, 2.05) is 13.8 Å². The van der Waals surface area contributed by atoms with Crippen molar-refractivity contribution in [1.82, 2.24) is 14.9 Å². The highest BCUT2D eigenvalue weighted by Gasteiger charge is 2.36. The molecule has 0 bridgehead atoms. The van der Waals surface area contributed by atoms with Crippen LogP contribution in [0.2, 0.25) is 0 Å². The third kappa shape index (κ3) is 4.99. The van der Waals surface area contributed by atoms with Crippen LogP contribution < -0.4 is 10.6 Å². The van der Waals surface area contributed by atoms with Gasteiger partial charge < -0.3 is 15.4 Å². The summed E-state index contributed by atoms with van der Waals surface area (Å²) in [5, 5.41) is 4.84. The van der Waals surface area contributed by atoms with E-state index in [0.717, 1.165) is 28.6 Å². The van der Waals surface area contributed by atoms with E-state index < -0.39 is 33.9 Å². The maximum absolute atomic E-state index is 13.0. The molecule has 2 rings (SSSR count). The van der Waals surface area contributed by atoms with E-state index in [9.17, 15) is 22.4 Å². The standard InChI is InChI=1S/C16H22FN3O5S/c1-11(2)9-18-15(21)16(22)19-10-14-20(7-8-25-14)26(23,24)13-5-3-12(17)4-6-13/h3-6,11,14H,7-10H2,1-2H3,(H,18,21)(H,19,22)/t14-/m1/s1. The lowest BCUT2D eigenvalue weighted by Crippen LogP contribution is -2.47. The maximum Gasteiger partial charge on any atom is 0.309 e. The Morgan fingerprint density at radius 3 is 2.46 bits per heavy atom. The Morgan fingerprint density at radius 2 is 1.85 bits per heavy atom. The predicted molar refractivity (Wildman–Crippen MR) is 90.9 cm³/mol. The number of carbonyl (C=O) groups excluding carboxylic acids is 2. The number of benzene rings is 1. The van der Waals surface area contributed by atoms with Crippen LogP contribution in [0.15, 0.2) is 29.2 Å². The molecule has 1 fully saturated rings. The minimum atomic E-state index is -3.90. The summed E-state index contributed by atoms with van der Waals surface area (Å²) in [6, 6.07) is 4.44. The van der Waals surface area contributed by atoms with Gasteiger partial charge in [-0.05, 0) is 30.2 Å². The van der Waals surface area contributed by atoms with Crippen molar-refractivity contribution in [3.8, 4) is 0 Å². The van der Waals surface area contributed by atoms with Gasteiger partial charge >= 0.3 is 11.8 Å². The normalized spacial score (nSPS) is 18.1. The molecule has 0 aromatic heterocycles. The second-order valence-electron chi connectivity index (χ2n) is 6.21. The smallest absolute Gasteiger partial charge is 0.309 e. The number of halogens is 1. The maximum atomic E-state index is 13.0. The molecular formula is C16H22FN3O5S. The lowest BCUT2D eigenvalue weighted by atomic mass is 10.2. The Bertz CT molecular complexity index is 752. The van der Waals surface area contributed by atoms with E-state index in [2.05, 4.69) is 10.6 Å². The molecule has 1 saturated heterocycles. The fourth-order valence-corrected chi connectivity index (χ4v) is 3.83. The first-order chi connectivity index (χ1) is 12.2. The van der Waals surface area contributed by atoms with Gasteiger partial charge in [0.05, 0.1) is 18.0 Å². The summed E-state index contributed by atoms with van der Waals surface area (Å²) in [6.45, 7) is 4.22. The van der Waals surface area contributed by atoms with Crippen LogP contribution in [0.25, 0.3) is 0 Å². The minimum absolute atomic E-state index is 0.0737. The molecule has 26 heavy (non-hydrogen) atoms. The second kappa shape index (κ2) is 8.56. The number of carbonyl (C=O) groups is 2. The van der Waals surface area contributed by atoms with Gasteiger partial charge in [-0.3, -0.25) is 9.59 Å². The monoisotopic (exact) mass is 387 g/mol. The Morgan fingerprint density at radius 1 is 1.23 bits per heavy atom. The first-order valence-electron chi connectivity index (χ1n) is 8.17. The van der Waals surface area contributed by atoms with Crippen molar-refractivity contribution >= 4 is 21.8 Å². The summed E-state index contributed by atoms with van der Waals surface area (Å²) >= 11 is 0. The van der Waals surface area contributed by atoms with Gasteiger partial charge in [0.25, 0.3) is 0 Å². The summed E-state index contributed by atoms with van der Waals surface area (Å²) in [5.74, 6) is -2.00. The zero-order valence-electron chi connectivity index (χ0n) is 14.6. The molecule has 1 aliphatic rings. The van der Waals surface area contributed by atoms with Crippen LogP contribution in [0.5, 0.6) is 0 Å². The average molecular weight is 387 g/mol. The van der Waals surface area contributed by atoms with Gasteiger partial charge in [0.1, 0.15) is 12.0 Å². The lowest BCUT2D eigenvalue weighted by molar-refractivity contribution is -0.139.